The van der Waals surface area contributed by atoms with Gasteiger partial charge in [0.1, 0.15) is 5.69 Å². The van der Waals surface area contributed by atoms with Crippen molar-refractivity contribution in [2.24, 2.45) is 5.92 Å². The third-order valence-electron chi connectivity index (χ3n) is 7.01. The summed E-state index contributed by atoms with van der Waals surface area (Å²) in [5.74, 6) is 1.60. The molecule has 1 saturated heterocycles. The molecule has 36 heavy (non-hydrogen) atoms. The topological polar surface area (TPSA) is 101 Å². The van der Waals surface area contributed by atoms with Gasteiger partial charge in [-0.25, -0.2) is 9.97 Å². The number of nitrogens with zero attached hydrogens (tertiary/aromatic N) is 6. The summed E-state index contributed by atoms with van der Waals surface area (Å²) in [6.45, 7) is 5.79. The van der Waals surface area contributed by atoms with Crippen LogP contribution in [0.25, 0.3) is 11.3 Å². The highest BCUT2D eigenvalue weighted by Gasteiger charge is 2.27. The molecule has 1 saturated carbocycles. The van der Waals surface area contributed by atoms with E-state index in [1.807, 2.05) is 36.1 Å². The van der Waals surface area contributed by atoms with Crippen LogP contribution in [0.15, 0.2) is 42.9 Å². The van der Waals surface area contributed by atoms with Crippen molar-refractivity contribution in [3.8, 4) is 23.1 Å². The second-order valence-corrected chi connectivity index (χ2v) is 9.29. The quantitative estimate of drug-likeness (QED) is 0.452. The molecule has 0 bridgehead atoms. The van der Waals surface area contributed by atoms with Crippen LogP contribution in [0.3, 0.4) is 0 Å². The van der Waals surface area contributed by atoms with Crippen molar-refractivity contribution in [2.75, 3.05) is 43.1 Å². The van der Waals surface area contributed by atoms with E-state index >= 15 is 0 Å². The summed E-state index contributed by atoms with van der Waals surface area (Å²) in [5.41, 5.74) is 3.63. The molecule has 1 atom stereocenters. The molecule has 3 aromatic rings. The fourth-order valence-corrected chi connectivity index (χ4v) is 5.16. The smallest absolute Gasteiger partial charge is 0.227 e. The van der Waals surface area contributed by atoms with Crippen LogP contribution in [0.2, 0.25) is 0 Å². The molecular weight excluding hydrogens is 454 g/mol. The molecule has 1 aliphatic carbocycles. The number of anilines is 3. The van der Waals surface area contributed by atoms with Crippen molar-refractivity contribution in [3.63, 3.8) is 0 Å². The molecular formula is C27H33N7O2. The van der Waals surface area contributed by atoms with E-state index in [1.54, 1.807) is 6.20 Å². The van der Waals surface area contributed by atoms with E-state index in [0.29, 0.717) is 36.3 Å². The van der Waals surface area contributed by atoms with Gasteiger partial charge in [-0.3, -0.25) is 4.68 Å². The second-order valence-electron chi connectivity index (χ2n) is 9.29. The van der Waals surface area contributed by atoms with E-state index < -0.39 is 0 Å². The van der Waals surface area contributed by atoms with E-state index in [1.165, 1.54) is 18.5 Å². The fraction of sp³-hybridized carbons (Fsp3) is 0.481. The lowest BCUT2D eigenvalue weighted by Crippen LogP contribution is -2.36. The van der Waals surface area contributed by atoms with Crippen LogP contribution >= 0.6 is 0 Å². The molecule has 1 aliphatic heterocycles. The second kappa shape index (κ2) is 11.4. The Kier molecular flexibility index (Phi) is 7.62. The van der Waals surface area contributed by atoms with Crippen molar-refractivity contribution >= 4 is 17.3 Å². The highest BCUT2D eigenvalue weighted by atomic mass is 16.5. The average molecular weight is 488 g/mol. The van der Waals surface area contributed by atoms with E-state index in [9.17, 15) is 5.26 Å². The molecule has 0 amide bonds. The molecule has 9 heteroatoms. The van der Waals surface area contributed by atoms with E-state index in [2.05, 4.69) is 38.5 Å². The Hall–Kier alpha value is -3.64. The predicted octanol–water partition coefficient (Wildman–Crippen LogP) is 4.96. The molecule has 2 aliphatic rings. The molecule has 2 aromatic heterocycles. The number of rotatable bonds is 9. The highest BCUT2D eigenvalue weighted by molar-refractivity contribution is 5.67. The fourth-order valence-electron chi connectivity index (χ4n) is 5.16. The SMILES string of the molecule is CCOc1cnc(Nc2ccc(N3CCOCC3)cc2)nc1-c1cnn(C(CC#N)C2CCCC2)c1. The maximum absolute atomic E-state index is 9.42. The Bertz CT molecular complexity index is 1180. The van der Waals surface area contributed by atoms with Crippen molar-refractivity contribution < 1.29 is 9.47 Å². The first-order valence-electron chi connectivity index (χ1n) is 12.9. The van der Waals surface area contributed by atoms with Gasteiger partial charge < -0.3 is 19.7 Å². The maximum Gasteiger partial charge on any atom is 0.227 e. The van der Waals surface area contributed by atoms with Gasteiger partial charge in [0.2, 0.25) is 5.95 Å². The summed E-state index contributed by atoms with van der Waals surface area (Å²) in [4.78, 5) is 11.6. The zero-order chi connectivity index (χ0) is 24.7. The molecule has 5 rings (SSSR count). The Labute approximate surface area is 212 Å². The van der Waals surface area contributed by atoms with Crippen LogP contribution < -0.4 is 15.0 Å². The zero-order valence-corrected chi connectivity index (χ0v) is 20.8. The number of ether oxygens (including phenoxy) is 2. The predicted molar refractivity (Wildman–Crippen MR) is 138 cm³/mol. The van der Waals surface area contributed by atoms with Gasteiger partial charge in [-0.05, 0) is 49.9 Å². The summed E-state index contributed by atoms with van der Waals surface area (Å²) in [6, 6.07) is 10.7. The summed E-state index contributed by atoms with van der Waals surface area (Å²) in [7, 11) is 0. The Morgan fingerprint density at radius 2 is 1.94 bits per heavy atom. The zero-order valence-electron chi connectivity index (χ0n) is 20.8. The first kappa shape index (κ1) is 24.1. The first-order chi connectivity index (χ1) is 17.7. The summed E-state index contributed by atoms with van der Waals surface area (Å²) >= 11 is 0. The number of benzene rings is 1. The molecule has 2 fully saturated rings. The first-order valence-corrected chi connectivity index (χ1v) is 12.9. The molecule has 1 N–H and O–H groups in total. The number of aromatic nitrogens is 4. The number of hydrogen-bond acceptors (Lipinski definition) is 8. The van der Waals surface area contributed by atoms with E-state index in [-0.39, 0.29) is 6.04 Å². The monoisotopic (exact) mass is 487 g/mol. The summed E-state index contributed by atoms with van der Waals surface area (Å²) in [5, 5.41) is 17.4. The minimum atomic E-state index is 0.0891. The van der Waals surface area contributed by atoms with E-state index in [0.717, 1.165) is 50.4 Å². The van der Waals surface area contributed by atoms with Crippen LogP contribution in [0, 0.1) is 17.2 Å². The number of morpholine rings is 1. The van der Waals surface area contributed by atoms with Gasteiger partial charge in [0.05, 0.1) is 50.7 Å². The van der Waals surface area contributed by atoms with Gasteiger partial charge in [0.25, 0.3) is 0 Å². The number of nitriles is 1. The average Bonchev–Trinajstić information content (AvgIpc) is 3.62. The summed E-state index contributed by atoms with van der Waals surface area (Å²) < 4.78 is 13.2. The lowest BCUT2D eigenvalue weighted by molar-refractivity contribution is 0.122. The minimum Gasteiger partial charge on any atom is -0.490 e. The molecule has 0 radical (unpaired) electrons. The third-order valence-corrected chi connectivity index (χ3v) is 7.01. The Balaban J connectivity index is 1.37. The van der Waals surface area contributed by atoms with Crippen LogP contribution in [0.5, 0.6) is 5.75 Å². The van der Waals surface area contributed by atoms with Crippen LogP contribution in [-0.2, 0) is 4.74 Å². The minimum absolute atomic E-state index is 0.0891. The normalized spacial score (nSPS) is 17.1. The van der Waals surface area contributed by atoms with Gasteiger partial charge in [0.15, 0.2) is 5.75 Å². The Morgan fingerprint density at radius 3 is 2.67 bits per heavy atom. The van der Waals surface area contributed by atoms with Crippen molar-refractivity contribution in [2.45, 2.75) is 45.1 Å². The van der Waals surface area contributed by atoms with Gasteiger partial charge in [-0.1, -0.05) is 12.8 Å². The molecule has 3 heterocycles. The lowest BCUT2D eigenvalue weighted by atomic mass is 9.96. The molecule has 9 nitrogen and oxygen atoms in total. The van der Waals surface area contributed by atoms with Gasteiger partial charge >= 0.3 is 0 Å². The summed E-state index contributed by atoms with van der Waals surface area (Å²) in [6.07, 6.45) is 10.7. The van der Waals surface area contributed by atoms with Crippen molar-refractivity contribution in [1.29, 1.82) is 5.26 Å². The number of hydrogen-bond donors (Lipinski definition) is 1. The standard InChI is InChI=1S/C27H33N7O2/c1-2-36-25-18-29-27(31-22-7-9-23(10-8-22)33-13-15-35-16-14-33)32-26(25)21-17-30-34(19-21)24(11-12-28)20-5-3-4-6-20/h7-10,17-20,24H,2-6,11,13-16H2,1H3,(H,29,31,32). The lowest BCUT2D eigenvalue weighted by Gasteiger charge is -2.28. The van der Waals surface area contributed by atoms with Crippen LogP contribution in [0.1, 0.15) is 45.1 Å². The Morgan fingerprint density at radius 1 is 1.17 bits per heavy atom. The third kappa shape index (κ3) is 5.44. The van der Waals surface area contributed by atoms with Gasteiger partial charge in [-0.15, -0.1) is 0 Å². The molecule has 1 unspecified atom stereocenters. The number of nitrogens with one attached hydrogen (secondary N) is 1. The molecule has 0 spiro atoms. The van der Waals surface area contributed by atoms with Gasteiger partial charge in [0, 0.05) is 36.2 Å². The van der Waals surface area contributed by atoms with E-state index in [4.69, 9.17) is 14.5 Å². The van der Waals surface area contributed by atoms with Crippen molar-refractivity contribution in [1.82, 2.24) is 19.7 Å². The van der Waals surface area contributed by atoms with Crippen LogP contribution in [0.4, 0.5) is 17.3 Å². The molecule has 188 valence electrons. The molecule has 1 aromatic carbocycles. The highest BCUT2D eigenvalue weighted by Crippen LogP contribution is 2.37. The maximum atomic E-state index is 9.42. The van der Waals surface area contributed by atoms with Gasteiger partial charge in [-0.2, -0.15) is 10.4 Å². The van der Waals surface area contributed by atoms with Crippen molar-refractivity contribution in [3.05, 3.63) is 42.9 Å². The largest absolute Gasteiger partial charge is 0.490 e. The van der Waals surface area contributed by atoms with Crippen LogP contribution in [-0.4, -0.2) is 52.7 Å².